The average molecular weight is 201 g/mol. The average Bonchev–Trinajstić information content (AvgIpc) is 2.20. The van der Waals surface area contributed by atoms with Crippen LogP contribution in [0.15, 0.2) is 12.1 Å². The summed E-state index contributed by atoms with van der Waals surface area (Å²) in [6.45, 7) is 8.26. The van der Waals surface area contributed by atoms with Crippen LogP contribution in [0.25, 0.3) is 0 Å². The van der Waals surface area contributed by atoms with Crippen molar-refractivity contribution in [3.63, 3.8) is 0 Å². The number of terminal acetylenes is 1. The fourth-order valence-corrected chi connectivity index (χ4v) is 1.59. The normalized spacial score (nSPS) is 10.0. The van der Waals surface area contributed by atoms with Gasteiger partial charge in [0.1, 0.15) is 0 Å². The summed E-state index contributed by atoms with van der Waals surface area (Å²) in [5.74, 6) is 2.63. The van der Waals surface area contributed by atoms with Crippen LogP contribution in [0.2, 0.25) is 0 Å². The summed E-state index contributed by atoms with van der Waals surface area (Å²) >= 11 is 0. The third kappa shape index (κ3) is 3.42. The van der Waals surface area contributed by atoms with Crippen LogP contribution < -0.4 is 5.32 Å². The molecule has 1 rings (SSSR count). The van der Waals surface area contributed by atoms with Gasteiger partial charge in [0.05, 0.1) is 0 Å². The Bertz CT molecular complexity index is 372. The fourth-order valence-electron chi connectivity index (χ4n) is 1.59. The summed E-state index contributed by atoms with van der Waals surface area (Å²) in [6.07, 6.45) is 5.99. The molecule has 0 aromatic heterocycles. The van der Waals surface area contributed by atoms with Crippen molar-refractivity contribution in [2.45, 2.75) is 33.7 Å². The highest BCUT2D eigenvalue weighted by molar-refractivity contribution is 5.36. The highest BCUT2D eigenvalue weighted by Crippen LogP contribution is 2.14. The Morgan fingerprint density at radius 2 is 1.80 bits per heavy atom. The molecule has 1 aromatic carbocycles. The van der Waals surface area contributed by atoms with E-state index in [9.17, 15) is 0 Å². The molecule has 0 fully saturated rings. The van der Waals surface area contributed by atoms with Gasteiger partial charge in [-0.15, -0.1) is 12.3 Å². The standard InChI is InChI=1S/C14H19N/c1-5-6-7-15-10-14-9-12(3)11(2)8-13(14)4/h1,8-9,15H,6-7,10H2,2-4H3. The second-order valence-corrected chi connectivity index (χ2v) is 3.99. The predicted molar refractivity (Wildman–Crippen MR) is 65.8 cm³/mol. The summed E-state index contributed by atoms with van der Waals surface area (Å²) in [4.78, 5) is 0. The lowest BCUT2D eigenvalue weighted by molar-refractivity contribution is 0.698. The first-order valence-corrected chi connectivity index (χ1v) is 5.36. The summed E-state index contributed by atoms with van der Waals surface area (Å²) in [6, 6.07) is 4.50. The second-order valence-electron chi connectivity index (χ2n) is 3.99. The molecule has 0 radical (unpaired) electrons. The van der Waals surface area contributed by atoms with E-state index in [1.807, 2.05) is 0 Å². The first kappa shape index (κ1) is 11.8. The SMILES string of the molecule is C#CCCNCc1cc(C)c(C)cc1C. The highest BCUT2D eigenvalue weighted by atomic mass is 14.8. The summed E-state index contributed by atoms with van der Waals surface area (Å²) < 4.78 is 0. The Labute approximate surface area is 92.9 Å². The van der Waals surface area contributed by atoms with Gasteiger partial charge in [-0.1, -0.05) is 12.1 Å². The Kier molecular flexibility index (Phi) is 4.39. The Morgan fingerprint density at radius 1 is 1.13 bits per heavy atom. The van der Waals surface area contributed by atoms with Crippen LogP contribution in [0.3, 0.4) is 0 Å². The zero-order valence-corrected chi connectivity index (χ0v) is 9.85. The number of nitrogens with one attached hydrogen (secondary N) is 1. The third-order valence-electron chi connectivity index (χ3n) is 2.71. The van der Waals surface area contributed by atoms with Crippen molar-refractivity contribution in [2.75, 3.05) is 6.54 Å². The molecule has 1 aromatic rings. The molecule has 0 atom stereocenters. The zero-order chi connectivity index (χ0) is 11.3. The van der Waals surface area contributed by atoms with E-state index >= 15 is 0 Å². The molecule has 0 aliphatic rings. The first-order chi connectivity index (χ1) is 7.15. The van der Waals surface area contributed by atoms with E-state index in [1.54, 1.807) is 0 Å². The number of rotatable bonds is 4. The molecule has 0 spiro atoms. The number of hydrogen-bond acceptors (Lipinski definition) is 1. The quantitative estimate of drug-likeness (QED) is 0.583. The van der Waals surface area contributed by atoms with Crippen molar-refractivity contribution in [2.24, 2.45) is 0 Å². The molecule has 1 heteroatoms. The molecule has 15 heavy (non-hydrogen) atoms. The Hall–Kier alpha value is -1.26. The topological polar surface area (TPSA) is 12.0 Å². The molecule has 0 heterocycles. The lowest BCUT2D eigenvalue weighted by atomic mass is 10.0. The second kappa shape index (κ2) is 5.58. The third-order valence-corrected chi connectivity index (χ3v) is 2.71. The van der Waals surface area contributed by atoms with Gasteiger partial charge >= 0.3 is 0 Å². The molecule has 0 aliphatic carbocycles. The Balaban J connectivity index is 2.62. The zero-order valence-electron chi connectivity index (χ0n) is 9.85. The van der Waals surface area contributed by atoms with Gasteiger partial charge in [0.15, 0.2) is 0 Å². The monoisotopic (exact) mass is 201 g/mol. The Morgan fingerprint density at radius 3 is 2.47 bits per heavy atom. The van der Waals surface area contributed by atoms with Crippen LogP contribution in [-0.2, 0) is 6.54 Å². The van der Waals surface area contributed by atoms with Crippen molar-refractivity contribution in [3.05, 3.63) is 34.4 Å². The molecule has 1 nitrogen and oxygen atoms in total. The lowest BCUT2D eigenvalue weighted by Crippen LogP contribution is -2.15. The minimum Gasteiger partial charge on any atom is -0.312 e. The molecular formula is C14H19N. The van der Waals surface area contributed by atoms with Gasteiger partial charge in [0.25, 0.3) is 0 Å². The van der Waals surface area contributed by atoms with Crippen molar-refractivity contribution in [1.82, 2.24) is 5.32 Å². The maximum Gasteiger partial charge on any atom is 0.0212 e. The van der Waals surface area contributed by atoms with E-state index in [0.717, 1.165) is 19.5 Å². The van der Waals surface area contributed by atoms with Crippen LogP contribution in [0.4, 0.5) is 0 Å². The summed E-state index contributed by atoms with van der Waals surface area (Å²) in [5, 5.41) is 3.35. The van der Waals surface area contributed by atoms with E-state index in [1.165, 1.54) is 22.3 Å². The molecule has 0 amide bonds. The molecule has 0 saturated heterocycles. The van der Waals surface area contributed by atoms with E-state index in [-0.39, 0.29) is 0 Å². The van der Waals surface area contributed by atoms with Gasteiger partial charge in [0, 0.05) is 19.5 Å². The van der Waals surface area contributed by atoms with Crippen LogP contribution >= 0.6 is 0 Å². The molecule has 0 aliphatic heterocycles. The smallest absolute Gasteiger partial charge is 0.0212 e. The summed E-state index contributed by atoms with van der Waals surface area (Å²) in [5.41, 5.74) is 5.44. The molecule has 1 N–H and O–H groups in total. The van der Waals surface area contributed by atoms with Crippen LogP contribution in [0.1, 0.15) is 28.7 Å². The van der Waals surface area contributed by atoms with E-state index in [0.29, 0.717) is 0 Å². The number of aryl methyl sites for hydroxylation is 3. The van der Waals surface area contributed by atoms with E-state index in [2.05, 4.69) is 44.1 Å². The van der Waals surface area contributed by atoms with Crippen LogP contribution in [-0.4, -0.2) is 6.54 Å². The molecule has 0 unspecified atom stereocenters. The van der Waals surface area contributed by atoms with E-state index in [4.69, 9.17) is 6.42 Å². The van der Waals surface area contributed by atoms with Crippen molar-refractivity contribution < 1.29 is 0 Å². The fraction of sp³-hybridized carbons (Fsp3) is 0.429. The molecule has 0 saturated carbocycles. The predicted octanol–water partition coefficient (Wildman–Crippen LogP) is 2.72. The van der Waals surface area contributed by atoms with Gasteiger partial charge in [-0.25, -0.2) is 0 Å². The highest BCUT2D eigenvalue weighted by Gasteiger charge is 2.00. The first-order valence-electron chi connectivity index (χ1n) is 5.36. The largest absolute Gasteiger partial charge is 0.312 e. The maximum absolute atomic E-state index is 5.19. The number of hydrogen-bond donors (Lipinski definition) is 1. The van der Waals surface area contributed by atoms with Gasteiger partial charge in [-0.2, -0.15) is 0 Å². The van der Waals surface area contributed by atoms with E-state index < -0.39 is 0 Å². The van der Waals surface area contributed by atoms with Gasteiger partial charge in [0.2, 0.25) is 0 Å². The van der Waals surface area contributed by atoms with Gasteiger partial charge in [-0.3, -0.25) is 0 Å². The van der Waals surface area contributed by atoms with Gasteiger partial charge in [-0.05, 0) is 43.0 Å². The van der Waals surface area contributed by atoms with Crippen LogP contribution in [0, 0.1) is 33.1 Å². The van der Waals surface area contributed by atoms with Crippen molar-refractivity contribution >= 4 is 0 Å². The lowest BCUT2D eigenvalue weighted by Gasteiger charge is -2.10. The minimum atomic E-state index is 0.796. The minimum absolute atomic E-state index is 0.796. The maximum atomic E-state index is 5.19. The molecule has 0 bridgehead atoms. The van der Waals surface area contributed by atoms with Crippen molar-refractivity contribution in [3.8, 4) is 12.3 Å². The summed E-state index contributed by atoms with van der Waals surface area (Å²) in [7, 11) is 0. The van der Waals surface area contributed by atoms with Gasteiger partial charge < -0.3 is 5.32 Å². The number of benzene rings is 1. The van der Waals surface area contributed by atoms with Crippen LogP contribution in [0.5, 0.6) is 0 Å². The molecular weight excluding hydrogens is 182 g/mol. The van der Waals surface area contributed by atoms with Crippen molar-refractivity contribution in [1.29, 1.82) is 0 Å². The molecule has 80 valence electrons.